The Kier molecular flexibility index (Phi) is 8.12. The largest absolute Gasteiger partial charge is 0.352 e. The lowest BCUT2D eigenvalue weighted by atomic mass is 9.94. The monoisotopic (exact) mass is 529 g/mol. The summed E-state index contributed by atoms with van der Waals surface area (Å²) in [7, 11) is 0. The van der Waals surface area contributed by atoms with Gasteiger partial charge >= 0.3 is 0 Å². The number of nitrogens with one attached hydrogen (secondary N) is 2. The molecule has 200 valence electrons. The molecule has 1 saturated carbocycles. The van der Waals surface area contributed by atoms with Crippen LogP contribution in [0.3, 0.4) is 0 Å². The van der Waals surface area contributed by atoms with Crippen LogP contribution in [0.1, 0.15) is 91.8 Å². The first-order valence-corrected chi connectivity index (χ1v) is 14.4. The lowest BCUT2D eigenvalue weighted by Gasteiger charge is -2.29. The van der Waals surface area contributed by atoms with Crippen LogP contribution in [0.15, 0.2) is 54.7 Å². The molecule has 2 aliphatic rings. The second-order valence-corrected chi connectivity index (χ2v) is 11.0. The second-order valence-electron chi connectivity index (χ2n) is 10.6. The van der Waals surface area contributed by atoms with Crippen molar-refractivity contribution in [2.45, 2.75) is 83.8 Å². The molecule has 0 spiro atoms. The molecule has 1 amide bonds. The van der Waals surface area contributed by atoms with E-state index >= 15 is 0 Å². The number of anilines is 1. The molecule has 1 aromatic carbocycles. The first-order chi connectivity index (χ1) is 18.5. The van der Waals surface area contributed by atoms with Gasteiger partial charge in [-0.15, -0.1) is 0 Å². The maximum atomic E-state index is 13.1. The van der Waals surface area contributed by atoms with Crippen LogP contribution in [-0.2, 0) is 11.2 Å². The van der Waals surface area contributed by atoms with Crippen LogP contribution in [0.25, 0.3) is 0 Å². The molecule has 6 nitrogen and oxygen atoms in total. The highest BCUT2D eigenvalue weighted by Gasteiger charge is 2.41. The van der Waals surface area contributed by atoms with Crippen molar-refractivity contribution >= 4 is 28.9 Å². The molecule has 1 aliphatic heterocycles. The molecule has 2 aromatic heterocycles. The number of hydrogen-bond acceptors (Lipinski definition) is 3. The van der Waals surface area contributed by atoms with E-state index < -0.39 is 0 Å². The van der Waals surface area contributed by atoms with E-state index in [0.717, 1.165) is 23.4 Å². The highest BCUT2D eigenvalue weighted by Crippen LogP contribution is 2.42. The van der Waals surface area contributed by atoms with Crippen molar-refractivity contribution in [1.82, 2.24) is 19.8 Å². The van der Waals surface area contributed by atoms with Crippen molar-refractivity contribution < 1.29 is 4.79 Å². The maximum absolute atomic E-state index is 13.1. The van der Waals surface area contributed by atoms with Gasteiger partial charge in [0.1, 0.15) is 0 Å². The molecule has 0 bridgehead atoms. The topological polar surface area (TPSA) is 62.2 Å². The second kappa shape index (κ2) is 11.7. The zero-order valence-electron chi connectivity index (χ0n) is 22.7. The number of aryl methyl sites for hydroxylation is 2. The molecular weight excluding hydrogens is 490 g/mol. The number of amides is 1. The highest BCUT2D eigenvalue weighted by molar-refractivity contribution is 7.80. The third kappa shape index (κ3) is 5.35. The normalized spacial score (nSPS) is 20.0. The van der Waals surface area contributed by atoms with Crippen LogP contribution in [0.5, 0.6) is 0 Å². The number of thiocarbonyl (C=S) groups is 1. The maximum Gasteiger partial charge on any atom is 0.226 e. The molecule has 5 rings (SSSR count). The summed E-state index contributed by atoms with van der Waals surface area (Å²) >= 11 is 5.87. The number of hydrogen-bond donors (Lipinski definition) is 2. The molecule has 2 N–H and O–H groups in total. The van der Waals surface area contributed by atoms with Crippen molar-refractivity contribution in [2.75, 3.05) is 11.9 Å². The minimum Gasteiger partial charge on any atom is -0.352 e. The van der Waals surface area contributed by atoms with Crippen molar-refractivity contribution in [3.8, 4) is 0 Å². The molecule has 2 atom stereocenters. The standard InChI is InChI=1S/C31H39N5OS/c1-4-23-12-8-9-15-26(23)33-28(37)17-19-35-30(29(34-31(35)38)27-16-10-11-18-32-27)25-20-21(2)36(22(25)3)24-13-6-5-7-14-24/h8-12,15-16,18,20,24,29-30H,4-7,13-14,17,19H2,1-3H3,(H,33,37)(H,34,38). The number of pyridine rings is 1. The fourth-order valence-electron chi connectivity index (χ4n) is 6.37. The van der Waals surface area contributed by atoms with Crippen molar-refractivity contribution in [3.05, 3.63) is 82.9 Å². The van der Waals surface area contributed by atoms with E-state index in [1.807, 2.05) is 36.5 Å². The van der Waals surface area contributed by atoms with E-state index in [4.69, 9.17) is 12.2 Å². The average Bonchev–Trinajstić information content (AvgIpc) is 3.42. The average molecular weight is 530 g/mol. The summed E-state index contributed by atoms with van der Waals surface area (Å²) in [5, 5.41) is 7.35. The predicted octanol–water partition coefficient (Wildman–Crippen LogP) is 6.57. The zero-order valence-corrected chi connectivity index (χ0v) is 23.6. The third-order valence-electron chi connectivity index (χ3n) is 8.23. The number of para-hydroxylation sites is 1. The number of nitrogens with zero attached hydrogens (tertiary/aromatic N) is 3. The lowest BCUT2D eigenvalue weighted by molar-refractivity contribution is -0.116. The van der Waals surface area contributed by atoms with Gasteiger partial charge in [0.2, 0.25) is 5.91 Å². The van der Waals surface area contributed by atoms with Gasteiger partial charge in [-0.2, -0.15) is 0 Å². The van der Waals surface area contributed by atoms with Crippen LogP contribution in [0.4, 0.5) is 5.69 Å². The minimum atomic E-state index is -0.0760. The molecule has 0 radical (unpaired) electrons. The zero-order chi connectivity index (χ0) is 26.6. The first kappa shape index (κ1) is 26.4. The SMILES string of the molecule is CCc1ccccc1NC(=O)CCN1C(=S)NC(c2ccccn2)C1c1cc(C)n(C2CCCCC2)c1C. The Morgan fingerprint density at radius 2 is 1.87 bits per heavy atom. The third-order valence-corrected chi connectivity index (χ3v) is 8.58. The van der Waals surface area contributed by atoms with E-state index in [2.05, 4.69) is 64.1 Å². The number of rotatable bonds is 8. The van der Waals surface area contributed by atoms with Crippen molar-refractivity contribution in [3.63, 3.8) is 0 Å². The Bertz CT molecular complexity index is 1280. The Morgan fingerprint density at radius 3 is 2.61 bits per heavy atom. The minimum absolute atomic E-state index is 0.00131. The number of carbonyl (C=O) groups is 1. The molecular formula is C31H39N5OS. The van der Waals surface area contributed by atoms with Crippen LogP contribution in [0.2, 0.25) is 0 Å². The smallest absolute Gasteiger partial charge is 0.226 e. The Hall–Kier alpha value is -3.19. The summed E-state index contributed by atoms with van der Waals surface area (Å²) in [5.74, 6) is 0.00131. The molecule has 7 heteroatoms. The Balaban J connectivity index is 1.42. The first-order valence-electron chi connectivity index (χ1n) is 14.0. The molecule has 38 heavy (non-hydrogen) atoms. The molecule has 3 aromatic rings. The summed E-state index contributed by atoms with van der Waals surface area (Å²) in [4.78, 5) is 19.9. The Labute approximate surface area is 231 Å². The van der Waals surface area contributed by atoms with Crippen LogP contribution in [-0.4, -0.2) is 32.0 Å². The predicted molar refractivity (Wildman–Crippen MR) is 157 cm³/mol. The quantitative estimate of drug-likeness (QED) is 0.323. The highest BCUT2D eigenvalue weighted by atomic mass is 32.1. The van der Waals surface area contributed by atoms with Crippen LogP contribution < -0.4 is 10.6 Å². The molecule has 2 fully saturated rings. The van der Waals surface area contributed by atoms with Gasteiger partial charge in [0, 0.05) is 42.3 Å². The van der Waals surface area contributed by atoms with Crippen molar-refractivity contribution in [1.29, 1.82) is 0 Å². The van der Waals surface area contributed by atoms with Gasteiger partial charge in [-0.05, 0) is 80.7 Å². The van der Waals surface area contributed by atoms with E-state index in [1.54, 1.807) is 0 Å². The Morgan fingerprint density at radius 1 is 1.11 bits per heavy atom. The number of aromatic nitrogens is 2. The van der Waals surface area contributed by atoms with E-state index in [0.29, 0.717) is 24.1 Å². The van der Waals surface area contributed by atoms with Gasteiger partial charge in [0.05, 0.1) is 17.8 Å². The van der Waals surface area contributed by atoms with E-state index in [-0.39, 0.29) is 18.0 Å². The van der Waals surface area contributed by atoms with Gasteiger partial charge < -0.3 is 20.1 Å². The van der Waals surface area contributed by atoms with E-state index in [9.17, 15) is 4.79 Å². The summed E-state index contributed by atoms with van der Waals surface area (Å²) in [6.07, 6.45) is 9.48. The number of carbonyl (C=O) groups excluding carboxylic acids is 1. The van der Waals surface area contributed by atoms with Gasteiger partial charge in [0.25, 0.3) is 0 Å². The van der Waals surface area contributed by atoms with Crippen LogP contribution >= 0.6 is 12.2 Å². The van der Waals surface area contributed by atoms with Gasteiger partial charge in [-0.25, -0.2) is 0 Å². The molecule has 2 unspecified atom stereocenters. The molecule has 1 aliphatic carbocycles. The summed E-state index contributed by atoms with van der Waals surface area (Å²) in [6.45, 7) is 7.11. The summed E-state index contributed by atoms with van der Waals surface area (Å²) < 4.78 is 2.55. The molecule has 1 saturated heterocycles. The van der Waals surface area contributed by atoms with Crippen molar-refractivity contribution in [2.24, 2.45) is 0 Å². The van der Waals surface area contributed by atoms with Gasteiger partial charge in [-0.3, -0.25) is 9.78 Å². The summed E-state index contributed by atoms with van der Waals surface area (Å²) in [5.41, 5.74) is 6.87. The fourth-order valence-corrected chi connectivity index (χ4v) is 6.71. The van der Waals surface area contributed by atoms with Gasteiger partial charge in [0.15, 0.2) is 5.11 Å². The van der Waals surface area contributed by atoms with Crippen LogP contribution in [0, 0.1) is 13.8 Å². The van der Waals surface area contributed by atoms with Gasteiger partial charge in [-0.1, -0.05) is 50.5 Å². The van der Waals surface area contributed by atoms with E-state index in [1.165, 1.54) is 49.1 Å². The lowest BCUT2D eigenvalue weighted by Crippen LogP contribution is -2.33. The number of benzene rings is 1. The fraction of sp³-hybridized carbons (Fsp3) is 0.452. The molecule has 3 heterocycles. The summed E-state index contributed by atoms with van der Waals surface area (Å²) in [6, 6.07) is 16.8.